The molecular formula is C21H27Nb. The molecule has 0 atom stereocenters. The predicted octanol–water partition coefficient (Wildman–Crippen LogP) is 6.30. The molecule has 1 aliphatic carbocycles. The molecule has 0 saturated carbocycles. The molecule has 0 aromatic heterocycles. The number of unbranched alkanes of at least 4 members (excludes halogenated alkanes) is 2. The summed E-state index contributed by atoms with van der Waals surface area (Å²) in [4.78, 5) is 0. The van der Waals surface area contributed by atoms with Crippen molar-refractivity contribution in [3.8, 4) is 11.1 Å². The summed E-state index contributed by atoms with van der Waals surface area (Å²) in [6.45, 7) is 11.4. The van der Waals surface area contributed by atoms with Gasteiger partial charge in [-0.15, -0.1) is 5.56 Å². The third-order valence-electron chi connectivity index (χ3n) is 3.32. The second kappa shape index (κ2) is 12.7. The Morgan fingerprint density at radius 1 is 0.909 bits per heavy atom. The molecule has 0 N–H and O–H groups in total. The van der Waals surface area contributed by atoms with Crippen LogP contribution in [0.1, 0.15) is 50.7 Å². The molecule has 3 rings (SSSR count). The van der Waals surface area contributed by atoms with Gasteiger partial charge in [0.05, 0.1) is 0 Å². The monoisotopic (exact) mass is 372 g/mol. The standard InChI is InChI=1S/C13H9.2C4H9.Nb/c1-3-7-12-10(5-1)9-11-6-2-4-8-13(11)12;2*1-3-4-2;/h1-5,7-8H,9H2;2*1,3-4H2,2H3;/q3*-1;+3. The summed E-state index contributed by atoms with van der Waals surface area (Å²) < 4.78 is 0. The summed E-state index contributed by atoms with van der Waals surface area (Å²) in [5.74, 6) is 0. The zero-order chi connectivity index (χ0) is 15.5. The summed E-state index contributed by atoms with van der Waals surface area (Å²) in [6.07, 6.45) is 5.60. The second-order valence-electron chi connectivity index (χ2n) is 5.10. The van der Waals surface area contributed by atoms with Crippen LogP contribution in [0.2, 0.25) is 0 Å². The molecule has 1 heteroatoms. The van der Waals surface area contributed by atoms with Crippen LogP contribution in [0.4, 0.5) is 0 Å². The Labute approximate surface area is 152 Å². The van der Waals surface area contributed by atoms with Gasteiger partial charge < -0.3 is 13.8 Å². The van der Waals surface area contributed by atoms with Gasteiger partial charge in [0.25, 0.3) is 0 Å². The van der Waals surface area contributed by atoms with E-state index in [-0.39, 0.29) is 22.4 Å². The molecule has 0 aliphatic heterocycles. The van der Waals surface area contributed by atoms with Crippen LogP contribution in [-0.4, -0.2) is 0 Å². The smallest absolute Gasteiger partial charge is 0.343 e. The SMILES string of the molecule is [CH2-]CCC.[CH2-]CCC.[Nb+3].[c-]1cccc2c1Cc1ccccc1-2. The van der Waals surface area contributed by atoms with Crippen LogP contribution in [0, 0.1) is 19.9 Å². The van der Waals surface area contributed by atoms with E-state index in [9.17, 15) is 0 Å². The fourth-order valence-corrected chi connectivity index (χ4v) is 2.00. The van der Waals surface area contributed by atoms with Crippen LogP contribution >= 0.6 is 0 Å². The Kier molecular flexibility index (Phi) is 12.2. The van der Waals surface area contributed by atoms with E-state index >= 15 is 0 Å². The van der Waals surface area contributed by atoms with E-state index in [1.54, 1.807) is 0 Å². The van der Waals surface area contributed by atoms with Crippen LogP contribution in [0.25, 0.3) is 11.1 Å². The van der Waals surface area contributed by atoms with Gasteiger partial charge in [-0.1, -0.05) is 62.1 Å². The summed E-state index contributed by atoms with van der Waals surface area (Å²) in [5.41, 5.74) is 5.51. The maximum absolute atomic E-state index is 3.60. The molecule has 116 valence electrons. The van der Waals surface area contributed by atoms with Gasteiger partial charge in [0.1, 0.15) is 0 Å². The summed E-state index contributed by atoms with van der Waals surface area (Å²) in [7, 11) is 0. The molecule has 1 aliphatic rings. The summed E-state index contributed by atoms with van der Waals surface area (Å²) in [5, 5.41) is 0. The van der Waals surface area contributed by atoms with Gasteiger partial charge in [0, 0.05) is 0 Å². The maximum Gasteiger partial charge on any atom is 3.00 e. The largest absolute Gasteiger partial charge is 3.00 e. The van der Waals surface area contributed by atoms with Gasteiger partial charge in [-0.3, -0.25) is 0 Å². The van der Waals surface area contributed by atoms with E-state index in [4.69, 9.17) is 0 Å². The van der Waals surface area contributed by atoms with Crippen LogP contribution < -0.4 is 0 Å². The normalized spacial score (nSPS) is 10.0. The van der Waals surface area contributed by atoms with Crippen LogP contribution in [0.3, 0.4) is 0 Å². The van der Waals surface area contributed by atoms with E-state index in [0.29, 0.717) is 0 Å². The first-order valence-electron chi connectivity index (χ1n) is 7.94. The number of hydrogen-bond donors (Lipinski definition) is 0. The van der Waals surface area contributed by atoms with Crippen molar-refractivity contribution in [3.63, 3.8) is 0 Å². The fraction of sp³-hybridized carbons (Fsp3) is 0.333. The molecule has 0 fully saturated rings. The van der Waals surface area contributed by atoms with Crippen molar-refractivity contribution < 1.29 is 22.4 Å². The first-order chi connectivity index (χ1) is 10.3. The minimum Gasteiger partial charge on any atom is -0.343 e. The van der Waals surface area contributed by atoms with Gasteiger partial charge in [-0.25, -0.2) is 0 Å². The van der Waals surface area contributed by atoms with Crippen molar-refractivity contribution in [2.45, 2.75) is 46.0 Å². The molecule has 0 radical (unpaired) electrons. The molecule has 2 aromatic carbocycles. The molecule has 0 spiro atoms. The van der Waals surface area contributed by atoms with Gasteiger partial charge in [0.15, 0.2) is 0 Å². The second-order valence-corrected chi connectivity index (χ2v) is 5.10. The first-order valence-corrected chi connectivity index (χ1v) is 7.94. The minimum atomic E-state index is 0. The zero-order valence-electron chi connectivity index (χ0n) is 13.9. The molecule has 0 heterocycles. The van der Waals surface area contributed by atoms with Crippen LogP contribution in [-0.2, 0) is 28.8 Å². The number of benzene rings is 2. The third kappa shape index (κ3) is 6.52. The summed E-state index contributed by atoms with van der Waals surface area (Å²) in [6, 6.07) is 18.1. The number of rotatable bonds is 2. The van der Waals surface area contributed by atoms with Gasteiger partial charge in [0.2, 0.25) is 0 Å². The molecule has 0 nitrogen and oxygen atoms in total. The maximum atomic E-state index is 3.60. The zero-order valence-corrected chi connectivity index (χ0v) is 16.1. The van der Waals surface area contributed by atoms with Crippen molar-refractivity contribution in [2.75, 3.05) is 0 Å². The fourth-order valence-electron chi connectivity index (χ4n) is 2.00. The number of fused-ring (bicyclic) bond motifs is 3. The molecule has 22 heavy (non-hydrogen) atoms. The Morgan fingerprint density at radius 3 is 2.05 bits per heavy atom. The molecule has 0 unspecified atom stereocenters. The predicted molar refractivity (Wildman–Crippen MR) is 94.1 cm³/mol. The number of hydrogen-bond acceptors (Lipinski definition) is 0. The van der Waals surface area contributed by atoms with Crippen molar-refractivity contribution in [1.29, 1.82) is 0 Å². The van der Waals surface area contributed by atoms with E-state index in [0.717, 1.165) is 19.3 Å². The minimum absolute atomic E-state index is 0. The Hall–Kier alpha value is -0.820. The first kappa shape index (κ1) is 21.2. The van der Waals surface area contributed by atoms with E-state index in [2.05, 4.69) is 70.2 Å². The molecule has 0 bridgehead atoms. The van der Waals surface area contributed by atoms with Gasteiger partial charge >= 0.3 is 22.4 Å². The van der Waals surface area contributed by atoms with E-state index in [1.165, 1.54) is 35.1 Å². The Morgan fingerprint density at radius 2 is 1.45 bits per heavy atom. The molecule has 0 amide bonds. The Balaban J connectivity index is 0.000000420. The van der Waals surface area contributed by atoms with Crippen molar-refractivity contribution in [2.24, 2.45) is 0 Å². The van der Waals surface area contributed by atoms with E-state index in [1.807, 2.05) is 6.07 Å². The summed E-state index contributed by atoms with van der Waals surface area (Å²) >= 11 is 0. The van der Waals surface area contributed by atoms with Crippen molar-refractivity contribution in [1.82, 2.24) is 0 Å². The quantitative estimate of drug-likeness (QED) is 0.366. The van der Waals surface area contributed by atoms with Gasteiger partial charge in [-0.05, 0) is 6.42 Å². The molecular weight excluding hydrogens is 345 g/mol. The van der Waals surface area contributed by atoms with Crippen LogP contribution in [0.5, 0.6) is 0 Å². The van der Waals surface area contributed by atoms with Crippen molar-refractivity contribution >= 4 is 0 Å². The third-order valence-corrected chi connectivity index (χ3v) is 3.32. The molecule has 2 aromatic rings. The Bertz CT molecular complexity index is 465. The average Bonchev–Trinajstić information content (AvgIpc) is 2.94. The average molecular weight is 372 g/mol. The van der Waals surface area contributed by atoms with Crippen molar-refractivity contribution in [3.05, 3.63) is 73.5 Å². The molecule has 0 saturated heterocycles. The van der Waals surface area contributed by atoms with Gasteiger partial charge in [-0.2, -0.15) is 42.7 Å². The topological polar surface area (TPSA) is 0 Å². The van der Waals surface area contributed by atoms with Crippen LogP contribution in [0.15, 0.2) is 42.5 Å². The van der Waals surface area contributed by atoms with E-state index < -0.39 is 0 Å².